The van der Waals surface area contributed by atoms with E-state index in [1.807, 2.05) is 24.3 Å². The van der Waals surface area contributed by atoms with Gasteiger partial charge in [-0.15, -0.1) is 0 Å². The molecule has 0 N–H and O–H groups in total. The molecule has 2 heteroatoms. The quantitative estimate of drug-likeness (QED) is 0.649. The van der Waals surface area contributed by atoms with Gasteiger partial charge >= 0.3 is 0 Å². The Hall–Kier alpha value is -1.28. The first-order chi connectivity index (χ1) is 7.81. The van der Waals surface area contributed by atoms with Crippen LogP contribution in [0.2, 0.25) is 0 Å². The van der Waals surface area contributed by atoms with Crippen molar-refractivity contribution >= 4 is 6.08 Å². The van der Waals surface area contributed by atoms with Crippen molar-refractivity contribution in [1.29, 1.82) is 0 Å². The van der Waals surface area contributed by atoms with E-state index in [2.05, 4.69) is 13.5 Å². The molecule has 0 aliphatic heterocycles. The van der Waals surface area contributed by atoms with Crippen molar-refractivity contribution in [3.63, 3.8) is 0 Å². The predicted molar refractivity (Wildman–Crippen MR) is 67.5 cm³/mol. The van der Waals surface area contributed by atoms with E-state index in [4.69, 9.17) is 9.47 Å². The number of rotatable bonds is 7. The summed E-state index contributed by atoms with van der Waals surface area (Å²) in [5, 5.41) is 0. The van der Waals surface area contributed by atoms with Crippen LogP contribution in [-0.2, 0) is 4.74 Å². The van der Waals surface area contributed by atoms with E-state index in [9.17, 15) is 0 Å². The summed E-state index contributed by atoms with van der Waals surface area (Å²) in [4.78, 5) is 0. The minimum Gasteiger partial charge on any atom is -0.464 e. The highest BCUT2D eigenvalue weighted by Crippen LogP contribution is 2.21. The van der Waals surface area contributed by atoms with E-state index < -0.39 is 0 Å². The maximum absolute atomic E-state index is 5.79. The molecule has 0 saturated carbocycles. The lowest BCUT2D eigenvalue weighted by Gasteiger charge is -2.18. The van der Waals surface area contributed by atoms with Crippen molar-refractivity contribution in [2.24, 2.45) is 0 Å². The second kappa shape index (κ2) is 7.07. The number of para-hydroxylation sites is 1. The summed E-state index contributed by atoms with van der Waals surface area (Å²) in [6, 6.07) is 7.84. The Morgan fingerprint density at radius 1 is 1.38 bits per heavy atom. The van der Waals surface area contributed by atoms with Gasteiger partial charge in [0.1, 0.15) is 5.75 Å². The molecule has 1 rings (SSSR count). The molecule has 16 heavy (non-hydrogen) atoms. The summed E-state index contributed by atoms with van der Waals surface area (Å²) in [5.41, 5.74) is 1.00. The third-order valence-corrected chi connectivity index (χ3v) is 2.45. The van der Waals surface area contributed by atoms with Gasteiger partial charge in [0.15, 0.2) is 6.29 Å². The van der Waals surface area contributed by atoms with Crippen LogP contribution >= 0.6 is 0 Å². The second-order valence-electron chi connectivity index (χ2n) is 3.67. The zero-order valence-electron chi connectivity index (χ0n) is 10.1. The molecule has 0 bridgehead atoms. The van der Waals surface area contributed by atoms with Crippen LogP contribution < -0.4 is 4.74 Å². The number of benzene rings is 1. The van der Waals surface area contributed by atoms with Gasteiger partial charge in [-0.2, -0.15) is 0 Å². The van der Waals surface area contributed by atoms with Crippen molar-refractivity contribution < 1.29 is 9.47 Å². The van der Waals surface area contributed by atoms with E-state index in [1.54, 1.807) is 13.2 Å². The molecule has 0 saturated heterocycles. The van der Waals surface area contributed by atoms with Crippen LogP contribution in [0.5, 0.6) is 5.75 Å². The van der Waals surface area contributed by atoms with Gasteiger partial charge in [-0.05, 0) is 12.5 Å². The van der Waals surface area contributed by atoms with Crippen LogP contribution in [0.3, 0.4) is 0 Å². The first kappa shape index (κ1) is 12.8. The molecule has 2 nitrogen and oxygen atoms in total. The Kier molecular flexibility index (Phi) is 5.65. The molecule has 0 aliphatic rings. The summed E-state index contributed by atoms with van der Waals surface area (Å²) in [5.74, 6) is 0.834. The standard InChI is InChI=1S/C14H20O2/c1-4-6-11-14(15-3)16-13-10-8-7-9-12(13)5-2/h5,7-10,14H,2,4,6,11H2,1,3H3. The monoisotopic (exact) mass is 220 g/mol. The van der Waals surface area contributed by atoms with Crippen LogP contribution in [0.15, 0.2) is 30.8 Å². The number of hydrogen-bond donors (Lipinski definition) is 0. The fourth-order valence-corrected chi connectivity index (χ4v) is 1.49. The average molecular weight is 220 g/mol. The molecule has 88 valence electrons. The third kappa shape index (κ3) is 3.70. The molecule has 0 amide bonds. The number of unbranched alkanes of at least 4 members (excludes halogenated alkanes) is 1. The minimum absolute atomic E-state index is 0.166. The van der Waals surface area contributed by atoms with Gasteiger partial charge in [0, 0.05) is 19.1 Å². The lowest BCUT2D eigenvalue weighted by atomic mass is 10.2. The van der Waals surface area contributed by atoms with Crippen LogP contribution in [-0.4, -0.2) is 13.4 Å². The average Bonchev–Trinajstić information content (AvgIpc) is 2.34. The predicted octanol–water partition coefficient (Wildman–Crippen LogP) is 3.87. The molecule has 0 fully saturated rings. The molecular weight excluding hydrogens is 200 g/mol. The zero-order chi connectivity index (χ0) is 11.8. The van der Waals surface area contributed by atoms with Gasteiger partial charge in [0.2, 0.25) is 0 Å². The molecule has 0 heterocycles. The fourth-order valence-electron chi connectivity index (χ4n) is 1.49. The lowest BCUT2D eigenvalue weighted by molar-refractivity contribution is -0.0593. The molecule has 1 aromatic carbocycles. The minimum atomic E-state index is -0.166. The second-order valence-corrected chi connectivity index (χ2v) is 3.67. The van der Waals surface area contributed by atoms with Crippen LogP contribution in [0.4, 0.5) is 0 Å². The third-order valence-electron chi connectivity index (χ3n) is 2.45. The van der Waals surface area contributed by atoms with Gasteiger partial charge < -0.3 is 9.47 Å². The molecular formula is C14H20O2. The van der Waals surface area contributed by atoms with Gasteiger partial charge in [-0.25, -0.2) is 0 Å². The largest absolute Gasteiger partial charge is 0.464 e. The van der Waals surface area contributed by atoms with Crippen molar-refractivity contribution in [2.75, 3.05) is 7.11 Å². The topological polar surface area (TPSA) is 18.5 Å². The number of methoxy groups -OCH3 is 1. The number of ether oxygens (including phenoxy) is 2. The highest BCUT2D eigenvalue weighted by Gasteiger charge is 2.09. The molecule has 0 aliphatic carbocycles. The number of hydrogen-bond acceptors (Lipinski definition) is 2. The smallest absolute Gasteiger partial charge is 0.199 e. The van der Waals surface area contributed by atoms with E-state index in [-0.39, 0.29) is 6.29 Å². The fraction of sp³-hybridized carbons (Fsp3) is 0.429. The molecule has 1 unspecified atom stereocenters. The highest BCUT2D eigenvalue weighted by atomic mass is 16.7. The Morgan fingerprint density at radius 2 is 2.12 bits per heavy atom. The van der Waals surface area contributed by atoms with E-state index in [0.717, 1.165) is 30.6 Å². The Morgan fingerprint density at radius 3 is 2.75 bits per heavy atom. The van der Waals surface area contributed by atoms with Crippen molar-refractivity contribution in [3.05, 3.63) is 36.4 Å². The summed E-state index contributed by atoms with van der Waals surface area (Å²) in [6.07, 6.45) is 4.79. The maximum atomic E-state index is 5.79. The first-order valence-corrected chi connectivity index (χ1v) is 5.72. The van der Waals surface area contributed by atoms with E-state index in [0.29, 0.717) is 0 Å². The SMILES string of the molecule is C=Cc1ccccc1OC(CCCC)OC. The van der Waals surface area contributed by atoms with Crippen LogP contribution in [0.1, 0.15) is 31.7 Å². The molecule has 1 aromatic rings. The molecule has 1 atom stereocenters. The van der Waals surface area contributed by atoms with Crippen molar-refractivity contribution in [3.8, 4) is 5.75 Å². The van der Waals surface area contributed by atoms with Crippen molar-refractivity contribution in [1.82, 2.24) is 0 Å². The summed E-state index contributed by atoms with van der Waals surface area (Å²) in [6.45, 7) is 5.92. The Balaban J connectivity index is 2.65. The molecule has 0 spiro atoms. The highest BCUT2D eigenvalue weighted by molar-refractivity contribution is 5.55. The molecule has 0 radical (unpaired) electrons. The van der Waals surface area contributed by atoms with E-state index in [1.165, 1.54) is 0 Å². The zero-order valence-corrected chi connectivity index (χ0v) is 10.1. The van der Waals surface area contributed by atoms with Crippen LogP contribution in [0.25, 0.3) is 6.08 Å². The maximum Gasteiger partial charge on any atom is 0.199 e. The summed E-state index contributed by atoms with van der Waals surface area (Å²) in [7, 11) is 1.68. The Bertz CT molecular complexity index is 320. The summed E-state index contributed by atoms with van der Waals surface area (Å²) >= 11 is 0. The normalized spacial score (nSPS) is 12.1. The molecule has 0 aromatic heterocycles. The van der Waals surface area contributed by atoms with Gasteiger partial charge in [-0.3, -0.25) is 0 Å². The Labute approximate surface area is 97.9 Å². The van der Waals surface area contributed by atoms with Crippen LogP contribution in [0, 0.1) is 0 Å². The van der Waals surface area contributed by atoms with Gasteiger partial charge in [-0.1, -0.05) is 44.2 Å². The lowest BCUT2D eigenvalue weighted by Crippen LogP contribution is -2.18. The van der Waals surface area contributed by atoms with Gasteiger partial charge in [0.05, 0.1) is 0 Å². The van der Waals surface area contributed by atoms with Crippen molar-refractivity contribution in [2.45, 2.75) is 32.5 Å². The summed E-state index contributed by atoms with van der Waals surface area (Å²) < 4.78 is 11.1. The first-order valence-electron chi connectivity index (χ1n) is 5.72. The van der Waals surface area contributed by atoms with E-state index >= 15 is 0 Å². The van der Waals surface area contributed by atoms with Gasteiger partial charge in [0.25, 0.3) is 0 Å².